The lowest BCUT2D eigenvalue weighted by Gasteiger charge is -2.31. The zero-order valence-electron chi connectivity index (χ0n) is 20.2. The van der Waals surface area contributed by atoms with Gasteiger partial charge in [0.1, 0.15) is 11.8 Å². The summed E-state index contributed by atoms with van der Waals surface area (Å²) in [5, 5.41) is 2.96. The molecule has 0 aromatic heterocycles. The molecule has 1 unspecified atom stereocenters. The van der Waals surface area contributed by atoms with Gasteiger partial charge in [-0.25, -0.2) is 0 Å². The SMILES string of the molecule is CC(C(=O)NC(C)(C)C)N(Cc1ccc(Br)cc1)C(=O)COc1ccc(C(C)(C)C)cc1. The molecule has 2 amide bonds. The van der Waals surface area contributed by atoms with Crippen LogP contribution in [0.15, 0.2) is 53.0 Å². The summed E-state index contributed by atoms with van der Waals surface area (Å²) in [6.45, 7) is 14.1. The van der Waals surface area contributed by atoms with Crippen molar-refractivity contribution in [3.63, 3.8) is 0 Å². The fourth-order valence-electron chi connectivity index (χ4n) is 3.12. The van der Waals surface area contributed by atoms with Gasteiger partial charge in [-0.1, -0.05) is 61.0 Å². The van der Waals surface area contributed by atoms with Crippen LogP contribution in [0, 0.1) is 0 Å². The Hall–Kier alpha value is -2.34. The zero-order valence-corrected chi connectivity index (χ0v) is 21.7. The van der Waals surface area contributed by atoms with E-state index in [-0.39, 0.29) is 29.4 Å². The Morgan fingerprint density at radius 3 is 2.03 bits per heavy atom. The molecule has 2 aromatic rings. The molecule has 0 radical (unpaired) electrons. The Labute approximate surface area is 200 Å². The van der Waals surface area contributed by atoms with Gasteiger partial charge in [-0.05, 0) is 68.5 Å². The highest BCUT2D eigenvalue weighted by atomic mass is 79.9. The van der Waals surface area contributed by atoms with Gasteiger partial charge in [0.2, 0.25) is 5.91 Å². The summed E-state index contributed by atoms with van der Waals surface area (Å²) in [5.74, 6) is 0.184. The second-order valence-electron chi connectivity index (χ2n) is 10.1. The second-order valence-corrected chi connectivity index (χ2v) is 11.0. The van der Waals surface area contributed by atoms with E-state index in [2.05, 4.69) is 42.0 Å². The van der Waals surface area contributed by atoms with Crippen LogP contribution in [-0.2, 0) is 21.5 Å². The number of nitrogens with zero attached hydrogens (tertiary/aromatic N) is 1. The maximum atomic E-state index is 13.1. The lowest BCUT2D eigenvalue weighted by Crippen LogP contribution is -2.53. The second kappa shape index (κ2) is 10.5. The predicted molar refractivity (Wildman–Crippen MR) is 133 cm³/mol. The van der Waals surface area contributed by atoms with Crippen LogP contribution in [0.25, 0.3) is 0 Å². The molecular weight excluding hydrogens is 468 g/mol. The van der Waals surface area contributed by atoms with Crippen molar-refractivity contribution in [1.82, 2.24) is 10.2 Å². The van der Waals surface area contributed by atoms with E-state index in [1.165, 1.54) is 5.56 Å². The molecule has 1 N–H and O–H groups in total. The van der Waals surface area contributed by atoms with Crippen molar-refractivity contribution < 1.29 is 14.3 Å². The fourth-order valence-corrected chi connectivity index (χ4v) is 3.39. The topological polar surface area (TPSA) is 58.6 Å². The summed E-state index contributed by atoms with van der Waals surface area (Å²) < 4.78 is 6.73. The van der Waals surface area contributed by atoms with Gasteiger partial charge in [0.05, 0.1) is 0 Å². The van der Waals surface area contributed by atoms with Gasteiger partial charge >= 0.3 is 0 Å². The average molecular weight is 503 g/mol. The van der Waals surface area contributed by atoms with E-state index in [0.717, 1.165) is 10.0 Å². The van der Waals surface area contributed by atoms with Gasteiger partial charge in [-0.15, -0.1) is 0 Å². The number of rotatable bonds is 7. The smallest absolute Gasteiger partial charge is 0.261 e. The number of benzene rings is 2. The van der Waals surface area contributed by atoms with Gasteiger partial charge in [0, 0.05) is 16.6 Å². The number of carbonyl (C=O) groups excluding carboxylic acids is 2. The quantitative estimate of drug-likeness (QED) is 0.546. The molecule has 174 valence electrons. The third-order valence-electron chi connectivity index (χ3n) is 5.01. The number of nitrogens with one attached hydrogen (secondary N) is 1. The van der Waals surface area contributed by atoms with E-state index in [4.69, 9.17) is 4.74 Å². The Morgan fingerprint density at radius 1 is 0.969 bits per heavy atom. The summed E-state index contributed by atoms with van der Waals surface area (Å²) >= 11 is 3.43. The van der Waals surface area contributed by atoms with Gasteiger partial charge in [0.25, 0.3) is 5.91 Å². The van der Waals surface area contributed by atoms with Crippen molar-refractivity contribution in [3.05, 3.63) is 64.1 Å². The minimum atomic E-state index is -0.641. The first-order chi connectivity index (χ1) is 14.8. The van der Waals surface area contributed by atoms with E-state index >= 15 is 0 Å². The molecule has 0 fully saturated rings. The molecule has 0 aliphatic heterocycles. The number of halogens is 1. The summed E-state index contributed by atoms with van der Waals surface area (Å²) in [6.07, 6.45) is 0. The lowest BCUT2D eigenvalue weighted by molar-refractivity contribution is -0.142. The minimum absolute atomic E-state index is 0.0473. The highest BCUT2D eigenvalue weighted by Gasteiger charge is 2.28. The minimum Gasteiger partial charge on any atom is -0.484 e. The van der Waals surface area contributed by atoms with Crippen molar-refractivity contribution in [2.75, 3.05) is 6.61 Å². The standard InChI is InChI=1S/C26H35BrN2O3/c1-18(24(31)28-26(5,6)7)29(16-19-8-12-21(27)13-9-19)23(30)17-32-22-14-10-20(11-15-22)25(2,3)4/h8-15,18H,16-17H2,1-7H3,(H,28,31). The lowest BCUT2D eigenvalue weighted by atomic mass is 9.87. The molecule has 5 nitrogen and oxygen atoms in total. The van der Waals surface area contributed by atoms with Crippen LogP contribution < -0.4 is 10.1 Å². The maximum Gasteiger partial charge on any atom is 0.261 e. The van der Waals surface area contributed by atoms with E-state index in [9.17, 15) is 9.59 Å². The van der Waals surface area contributed by atoms with E-state index in [1.807, 2.05) is 69.3 Å². The van der Waals surface area contributed by atoms with E-state index in [0.29, 0.717) is 12.3 Å². The van der Waals surface area contributed by atoms with Gasteiger partial charge in [-0.2, -0.15) is 0 Å². The molecule has 0 spiro atoms. The highest BCUT2D eigenvalue weighted by Crippen LogP contribution is 2.24. The Kier molecular flexibility index (Phi) is 8.52. The van der Waals surface area contributed by atoms with Crippen molar-refractivity contribution in [1.29, 1.82) is 0 Å². The summed E-state index contributed by atoms with van der Waals surface area (Å²) in [4.78, 5) is 27.5. The normalized spacial score (nSPS) is 12.8. The first kappa shape index (κ1) is 25.9. The number of carbonyl (C=O) groups is 2. The maximum absolute atomic E-state index is 13.1. The van der Waals surface area contributed by atoms with Crippen LogP contribution >= 0.6 is 15.9 Å². The van der Waals surface area contributed by atoms with E-state index in [1.54, 1.807) is 11.8 Å². The number of amides is 2. The third-order valence-corrected chi connectivity index (χ3v) is 5.54. The monoisotopic (exact) mass is 502 g/mol. The van der Waals surface area contributed by atoms with Crippen molar-refractivity contribution in [2.24, 2.45) is 0 Å². The Bertz CT molecular complexity index is 910. The molecule has 32 heavy (non-hydrogen) atoms. The summed E-state index contributed by atoms with van der Waals surface area (Å²) in [5.41, 5.74) is 1.79. The van der Waals surface area contributed by atoms with Crippen molar-refractivity contribution in [3.8, 4) is 5.75 Å². The molecule has 0 saturated carbocycles. The van der Waals surface area contributed by atoms with Crippen LogP contribution in [-0.4, -0.2) is 34.9 Å². The average Bonchev–Trinajstić information content (AvgIpc) is 2.69. The molecule has 2 aromatic carbocycles. The third kappa shape index (κ3) is 7.97. The fraction of sp³-hybridized carbons (Fsp3) is 0.462. The largest absolute Gasteiger partial charge is 0.484 e. The molecular formula is C26H35BrN2O3. The molecule has 1 atom stereocenters. The molecule has 6 heteroatoms. The highest BCUT2D eigenvalue weighted by molar-refractivity contribution is 9.10. The molecule has 0 heterocycles. The number of ether oxygens (including phenoxy) is 1. The molecule has 0 aliphatic rings. The van der Waals surface area contributed by atoms with Gasteiger partial charge in [0.15, 0.2) is 6.61 Å². The summed E-state index contributed by atoms with van der Waals surface area (Å²) in [6, 6.07) is 14.9. The van der Waals surface area contributed by atoms with Crippen LogP contribution in [0.5, 0.6) is 5.75 Å². The van der Waals surface area contributed by atoms with Crippen LogP contribution in [0.3, 0.4) is 0 Å². The number of hydrogen-bond acceptors (Lipinski definition) is 3. The van der Waals surface area contributed by atoms with Gasteiger partial charge < -0.3 is 15.0 Å². The summed E-state index contributed by atoms with van der Waals surface area (Å²) in [7, 11) is 0. The first-order valence-corrected chi connectivity index (χ1v) is 11.6. The molecule has 0 saturated heterocycles. The van der Waals surface area contributed by atoms with E-state index < -0.39 is 6.04 Å². The zero-order chi connectivity index (χ0) is 24.1. The van der Waals surface area contributed by atoms with Crippen LogP contribution in [0.4, 0.5) is 0 Å². The van der Waals surface area contributed by atoms with Crippen LogP contribution in [0.1, 0.15) is 59.6 Å². The van der Waals surface area contributed by atoms with Crippen LogP contribution in [0.2, 0.25) is 0 Å². The van der Waals surface area contributed by atoms with Crippen molar-refractivity contribution >= 4 is 27.7 Å². The Morgan fingerprint density at radius 2 is 1.53 bits per heavy atom. The van der Waals surface area contributed by atoms with Crippen molar-refractivity contribution in [2.45, 2.75) is 72.0 Å². The number of hydrogen-bond donors (Lipinski definition) is 1. The first-order valence-electron chi connectivity index (χ1n) is 10.9. The molecule has 0 bridgehead atoms. The predicted octanol–water partition coefficient (Wildman–Crippen LogP) is 5.46. The molecule has 0 aliphatic carbocycles. The Balaban J connectivity index is 2.15. The van der Waals surface area contributed by atoms with Gasteiger partial charge in [-0.3, -0.25) is 9.59 Å². The molecule has 2 rings (SSSR count).